The minimum Gasteiger partial charge on any atom is -0.468 e. The largest absolute Gasteiger partial charge is 0.468 e. The third kappa shape index (κ3) is 4.34. The number of Topliss-reactive ketones (excluding diaryl/α,β-unsaturated/α-hetero) is 1. The van der Waals surface area contributed by atoms with Crippen molar-refractivity contribution in [2.24, 2.45) is 5.41 Å². The average molecular weight is 407 g/mol. The van der Waals surface area contributed by atoms with Gasteiger partial charge in [-0.3, -0.25) is 9.59 Å². The first-order valence-electron chi connectivity index (χ1n) is 9.34. The van der Waals surface area contributed by atoms with Crippen LogP contribution >= 0.6 is 0 Å². The number of halogens is 2. The summed E-state index contributed by atoms with van der Waals surface area (Å²) in [6.45, 7) is 3.44. The molecule has 2 aromatic rings. The van der Waals surface area contributed by atoms with Crippen LogP contribution in [0.5, 0.6) is 0 Å². The lowest BCUT2D eigenvalue weighted by atomic mass is 9.74. The summed E-state index contributed by atoms with van der Waals surface area (Å²) in [6.07, 6.45) is 1.63. The molecule has 1 aliphatic heterocycles. The molecule has 0 spiro atoms. The molecule has 0 unspecified atom stereocenters. The molecule has 156 valence electrons. The predicted octanol–water partition coefficient (Wildman–Crippen LogP) is 2.46. The van der Waals surface area contributed by atoms with E-state index in [1.165, 1.54) is 23.9 Å². The summed E-state index contributed by atoms with van der Waals surface area (Å²) in [4.78, 5) is 24.8. The number of aryl methyl sites for hydroxylation is 1. The molecule has 1 fully saturated rings. The zero-order valence-corrected chi connectivity index (χ0v) is 16.5. The predicted molar refractivity (Wildman–Crippen MR) is 97.9 cm³/mol. The zero-order chi connectivity index (χ0) is 21.2. The van der Waals surface area contributed by atoms with Crippen LogP contribution in [0, 0.1) is 17.0 Å². The summed E-state index contributed by atoms with van der Waals surface area (Å²) in [5.74, 6) is -2.12. The van der Waals surface area contributed by atoms with E-state index < -0.39 is 29.1 Å². The molecule has 2 heterocycles. The second-order valence-corrected chi connectivity index (χ2v) is 7.44. The molecule has 7 nitrogen and oxygen atoms in total. The van der Waals surface area contributed by atoms with Crippen molar-refractivity contribution in [2.45, 2.75) is 51.9 Å². The van der Waals surface area contributed by atoms with Gasteiger partial charge in [-0.1, -0.05) is 11.3 Å². The van der Waals surface area contributed by atoms with Gasteiger partial charge in [0, 0.05) is 24.2 Å². The van der Waals surface area contributed by atoms with E-state index in [1.807, 2.05) is 0 Å². The van der Waals surface area contributed by atoms with Gasteiger partial charge in [0.05, 0.1) is 31.6 Å². The molecule has 1 aromatic heterocycles. The summed E-state index contributed by atoms with van der Waals surface area (Å²) in [6, 6.07) is 3.36. The molecule has 3 atom stereocenters. The van der Waals surface area contributed by atoms with Gasteiger partial charge >= 0.3 is 5.97 Å². The minimum absolute atomic E-state index is 0.106. The second kappa shape index (κ2) is 8.36. The molecule has 29 heavy (non-hydrogen) atoms. The van der Waals surface area contributed by atoms with E-state index in [2.05, 4.69) is 10.3 Å². The number of esters is 1. The van der Waals surface area contributed by atoms with Gasteiger partial charge in [-0.25, -0.2) is 13.5 Å². The van der Waals surface area contributed by atoms with Crippen molar-refractivity contribution in [2.75, 3.05) is 7.11 Å². The minimum atomic E-state index is -1.37. The lowest BCUT2D eigenvalue weighted by Crippen LogP contribution is -2.54. The Balaban J connectivity index is 1.69. The molecule has 1 aromatic carbocycles. The second-order valence-electron chi connectivity index (χ2n) is 7.44. The molecular formula is C20H23F2N3O4. The molecule has 0 bridgehead atoms. The number of hydrogen-bond donors (Lipinski definition) is 0. The lowest BCUT2D eigenvalue weighted by Gasteiger charge is -2.40. The van der Waals surface area contributed by atoms with Crippen LogP contribution in [0.4, 0.5) is 8.78 Å². The summed E-state index contributed by atoms with van der Waals surface area (Å²) >= 11 is 0. The first kappa shape index (κ1) is 21.0. The van der Waals surface area contributed by atoms with Crippen molar-refractivity contribution in [1.82, 2.24) is 15.0 Å². The molecular weight excluding hydrogens is 384 g/mol. The number of carbonyl (C=O) groups excluding carboxylic acids is 2. The highest BCUT2D eigenvalue weighted by Gasteiger charge is 2.52. The Labute approximate surface area is 167 Å². The maximum absolute atomic E-state index is 13.8. The van der Waals surface area contributed by atoms with Crippen LogP contribution in [-0.4, -0.2) is 46.1 Å². The van der Waals surface area contributed by atoms with Crippen LogP contribution in [-0.2, 0) is 32.0 Å². The van der Waals surface area contributed by atoms with Crippen molar-refractivity contribution in [1.29, 1.82) is 0 Å². The Hall–Kier alpha value is -2.68. The summed E-state index contributed by atoms with van der Waals surface area (Å²) in [5.41, 5.74) is -0.473. The Kier molecular flexibility index (Phi) is 6.07. The number of ether oxygens (including phenoxy) is 2. The van der Waals surface area contributed by atoms with E-state index >= 15 is 0 Å². The molecule has 0 saturated carbocycles. The molecule has 0 amide bonds. The zero-order valence-electron chi connectivity index (χ0n) is 16.5. The maximum atomic E-state index is 13.8. The SMILES string of the molecule is COC(=O)[C@@]1(C)C(=O)C[C@H](C)O[C@@H]1CCc1cn(Cc2ccc(F)cc2F)nn1. The van der Waals surface area contributed by atoms with E-state index in [0.717, 1.165) is 6.07 Å². The van der Waals surface area contributed by atoms with E-state index in [1.54, 1.807) is 20.0 Å². The summed E-state index contributed by atoms with van der Waals surface area (Å²) in [7, 11) is 1.25. The number of ketones is 1. The van der Waals surface area contributed by atoms with Crippen LogP contribution < -0.4 is 0 Å². The fourth-order valence-electron chi connectivity index (χ4n) is 3.57. The van der Waals surface area contributed by atoms with E-state index in [0.29, 0.717) is 18.5 Å². The number of aromatic nitrogens is 3. The number of carbonyl (C=O) groups is 2. The fourth-order valence-corrected chi connectivity index (χ4v) is 3.57. The monoisotopic (exact) mass is 407 g/mol. The van der Waals surface area contributed by atoms with Crippen LogP contribution in [0.3, 0.4) is 0 Å². The van der Waals surface area contributed by atoms with E-state index in [9.17, 15) is 18.4 Å². The van der Waals surface area contributed by atoms with Crippen molar-refractivity contribution in [3.63, 3.8) is 0 Å². The van der Waals surface area contributed by atoms with Gasteiger partial charge in [-0.15, -0.1) is 5.10 Å². The normalized spacial score (nSPS) is 24.5. The summed E-state index contributed by atoms with van der Waals surface area (Å²) < 4.78 is 39.0. The van der Waals surface area contributed by atoms with Crippen LogP contribution in [0.25, 0.3) is 0 Å². The highest BCUT2D eigenvalue weighted by Crippen LogP contribution is 2.37. The van der Waals surface area contributed by atoms with Crippen molar-refractivity contribution >= 4 is 11.8 Å². The Morgan fingerprint density at radius 3 is 2.86 bits per heavy atom. The van der Waals surface area contributed by atoms with Crippen LogP contribution in [0.2, 0.25) is 0 Å². The van der Waals surface area contributed by atoms with Crippen molar-refractivity contribution < 1.29 is 27.8 Å². The number of rotatable bonds is 6. The Morgan fingerprint density at radius 1 is 1.41 bits per heavy atom. The Morgan fingerprint density at radius 2 is 2.17 bits per heavy atom. The van der Waals surface area contributed by atoms with Gasteiger partial charge in [0.1, 0.15) is 17.0 Å². The van der Waals surface area contributed by atoms with Gasteiger partial charge in [-0.05, 0) is 32.8 Å². The van der Waals surface area contributed by atoms with Crippen molar-refractivity contribution in [3.8, 4) is 0 Å². The third-order valence-electron chi connectivity index (χ3n) is 5.30. The average Bonchev–Trinajstić information content (AvgIpc) is 3.12. The number of methoxy groups -OCH3 is 1. The molecule has 0 aliphatic carbocycles. The number of hydrogen-bond acceptors (Lipinski definition) is 6. The molecule has 9 heteroatoms. The highest BCUT2D eigenvalue weighted by molar-refractivity contribution is 6.04. The molecule has 0 radical (unpaired) electrons. The molecule has 1 saturated heterocycles. The fraction of sp³-hybridized carbons (Fsp3) is 0.500. The van der Waals surface area contributed by atoms with Crippen molar-refractivity contribution in [3.05, 3.63) is 47.3 Å². The standard InChI is InChI=1S/C20H23F2N3O4/c1-12-8-17(26)20(2,19(27)28-3)18(29-12)7-6-15-11-25(24-23-15)10-13-4-5-14(21)9-16(13)22/h4-5,9,11-12,18H,6-8,10H2,1-3H3/t12-,18+,20-/m0/s1. The molecule has 3 rings (SSSR count). The van der Waals surface area contributed by atoms with Gasteiger partial charge in [0.2, 0.25) is 0 Å². The Bertz CT molecular complexity index is 917. The topological polar surface area (TPSA) is 83.3 Å². The highest BCUT2D eigenvalue weighted by atomic mass is 19.1. The lowest BCUT2D eigenvalue weighted by molar-refractivity contribution is -0.181. The molecule has 0 N–H and O–H groups in total. The van der Waals surface area contributed by atoms with Gasteiger partial charge in [0.25, 0.3) is 0 Å². The van der Waals surface area contributed by atoms with Gasteiger partial charge in [0.15, 0.2) is 5.78 Å². The number of nitrogens with zero attached hydrogens (tertiary/aromatic N) is 3. The molecule has 1 aliphatic rings. The smallest absolute Gasteiger partial charge is 0.321 e. The summed E-state index contributed by atoms with van der Waals surface area (Å²) in [5, 5.41) is 8.02. The van der Waals surface area contributed by atoms with Crippen LogP contribution in [0.1, 0.15) is 37.9 Å². The third-order valence-corrected chi connectivity index (χ3v) is 5.30. The number of benzene rings is 1. The quantitative estimate of drug-likeness (QED) is 0.540. The van der Waals surface area contributed by atoms with E-state index in [4.69, 9.17) is 9.47 Å². The first-order valence-corrected chi connectivity index (χ1v) is 9.34. The maximum Gasteiger partial charge on any atom is 0.321 e. The van der Waals surface area contributed by atoms with E-state index in [-0.39, 0.29) is 30.4 Å². The van der Waals surface area contributed by atoms with Crippen LogP contribution in [0.15, 0.2) is 24.4 Å². The first-order chi connectivity index (χ1) is 13.7. The van der Waals surface area contributed by atoms with Gasteiger partial charge in [-0.2, -0.15) is 0 Å². The van der Waals surface area contributed by atoms with Gasteiger partial charge < -0.3 is 9.47 Å².